The molecule has 0 aromatic carbocycles. The lowest BCUT2D eigenvalue weighted by Gasteiger charge is -2.25. The quantitative estimate of drug-likeness (QED) is 0.780. The summed E-state index contributed by atoms with van der Waals surface area (Å²) >= 11 is 2.81. The van der Waals surface area contributed by atoms with Gasteiger partial charge in [-0.25, -0.2) is 9.97 Å². The van der Waals surface area contributed by atoms with Crippen molar-refractivity contribution in [1.29, 1.82) is 0 Å². The van der Waals surface area contributed by atoms with Crippen LogP contribution in [0.15, 0.2) is 10.8 Å². The fraction of sp³-hybridized carbons (Fsp3) is 0.462. The number of nitrogens with one attached hydrogen (secondary N) is 1. The second-order valence-corrected chi connectivity index (χ2v) is 6.62. The maximum absolute atomic E-state index is 12.1. The number of hydrogen-bond donors (Lipinski definition) is 2. The van der Waals surface area contributed by atoms with E-state index in [0.717, 1.165) is 43.5 Å². The molecule has 1 aliphatic heterocycles. The molecule has 3 heterocycles. The third-order valence-electron chi connectivity index (χ3n) is 3.22. The molecule has 0 radical (unpaired) electrons. The summed E-state index contributed by atoms with van der Waals surface area (Å²) in [5, 5.41) is 7.80. The average Bonchev–Trinajstić information content (AvgIpc) is 3.17. The van der Waals surface area contributed by atoms with Crippen LogP contribution < -0.4 is 11.1 Å². The second-order valence-electron chi connectivity index (χ2n) is 4.82. The number of halogens is 2. The molecule has 1 aliphatic rings. The molecular formula is C13H19Cl2N5O2S2. The Labute approximate surface area is 160 Å². The predicted octanol–water partition coefficient (Wildman–Crippen LogP) is 1.99. The monoisotopic (exact) mass is 411 g/mol. The fourth-order valence-electron chi connectivity index (χ4n) is 2.10. The molecule has 1 saturated heterocycles. The van der Waals surface area contributed by atoms with E-state index >= 15 is 0 Å². The average molecular weight is 412 g/mol. The number of anilines is 1. The van der Waals surface area contributed by atoms with E-state index in [1.807, 2.05) is 5.38 Å². The Balaban J connectivity index is 0.00000144. The SMILES string of the molecule is Cl.Cl.NCc1nc(C(=O)Nc2nc(CN3CCOCC3)cs2)cs1. The van der Waals surface area contributed by atoms with Crippen LogP contribution in [0.4, 0.5) is 5.13 Å². The zero-order valence-corrected chi connectivity index (χ0v) is 16.0. The van der Waals surface area contributed by atoms with E-state index in [2.05, 4.69) is 20.2 Å². The lowest BCUT2D eigenvalue weighted by molar-refractivity contribution is 0.0337. The van der Waals surface area contributed by atoms with E-state index < -0.39 is 0 Å². The van der Waals surface area contributed by atoms with Crippen LogP contribution in [0.25, 0.3) is 0 Å². The van der Waals surface area contributed by atoms with Gasteiger partial charge in [-0.1, -0.05) is 0 Å². The third kappa shape index (κ3) is 5.62. The van der Waals surface area contributed by atoms with Gasteiger partial charge in [0.05, 0.1) is 18.9 Å². The number of ether oxygens (including phenoxy) is 1. The van der Waals surface area contributed by atoms with Gasteiger partial charge in [-0.2, -0.15) is 0 Å². The standard InChI is InChI=1S/C13H17N5O2S2.2ClH/c14-5-11-16-10(8-21-11)12(19)17-13-15-9(7-22-13)6-18-1-3-20-4-2-18;;/h7-8H,1-6,14H2,(H,15,17,19);2*1H. The van der Waals surface area contributed by atoms with Gasteiger partial charge in [0.1, 0.15) is 10.7 Å². The van der Waals surface area contributed by atoms with Crippen molar-refractivity contribution in [3.05, 3.63) is 27.2 Å². The number of nitrogens with two attached hydrogens (primary N) is 1. The van der Waals surface area contributed by atoms with Gasteiger partial charge in [0.15, 0.2) is 5.13 Å². The largest absolute Gasteiger partial charge is 0.379 e. The first kappa shape index (κ1) is 21.2. The van der Waals surface area contributed by atoms with Crippen molar-refractivity contribution < 1.29 is 9.53 Å². The minimum atomic E-state index is -0.247. The maximum atomic E-state index is 12.1. The van der Waals surface area contributed by atoms with Gasteiger partial charge in [0.2, 0.25) is 0 Å². The lowest BCUT2D eigenvalue weighted by Crippen LogP contribution is -2.35. The third-order valence-corrected chi connectivity index (χ3v) is 4.90. The smallest absolute Gasteiger partial charge is 0.276 e. The number of nitrogens with zero attached hydrogens (tertiary/aromatic N) is 3. The van der Waals surface area contributed by atoms with Crippen molar-refractivity contribution in [2.45, 2.75) is 13.1 Å². The molecule has 0 atom stereocenters. The van der Waals surface area contributed by atoms with Crippen LogP contribution in [0.1, 0.15) is 21.2 Å². The molecule has 0 unspecified atom stereocenters. The number of aromatic nitrogens is 2. The molecule has 2 aromatic rings. The molecule has 0 bridgehead atoms. The Bertz CT molecular complexity index is 646. The lowest BCUT2D eigenvalue weighted by atomic mass is 10.4. The van der Waals surface area contributed by atoms with Gasteiger partial charge >= 0.3 is 0 Å². The minimum Gasteiger partial charge on any atom is -0.379 e. The summed E-state index contributed by atoms with van der Waals surface area (Å²) in [4.78, 5) is 23.0. The van der Waals surface area contributed by atoms with Gasteiger partial charge in [0, 0.05) is 36.9 Å². The van der Waals surface area contributed by atoms with E-state index in [1.54, 1.807) is 5.38 Å². The van der Waals surface area contributed by atoms with Crippen molar-refractivity contribution in [2.24, 2.45) is 5.73 Å². The molecule has 24 heavy (non-hydrogen) atoms. The van der Waals surface area contributed by atoms with Crippen molar-refractivity contribution in [2.75, 3.05) is 31.6 Å². The van der Waals surface area contributed by atoms with Gasteiger partial charge < -0.3 is 10.5 Å². The molecule has 134 valence electrons. The highest BCUT2D eigenvalue weighted by molar-refractivity contribution is 7.14. The van der Waals surface area contributed by atoms with Gasteiger partial charge in [-0.15, -0.1) is 47.5 Å². The summed E-state index contributed by atoms with van der Waals surface area (Å²) in [5.41, 5.74) is 6.85. The van der Waals surface area contributed by atoms with Crippen LogP contribution >= 0.6 is 47.5 Å². The van der Waals surface area contributed by atoms with Crippen molar-refractivity contribution in [1.82, 2.24) is 14.9 Å². The molecule has 0 aliphatic carbocycles. The summed E-state index contributed by atoms with van der Waals surface area (Å²) < 4.78 is 5.32. The number of amides is 1. The van der Waals surface area contributed by atoms with E-state index in [1.165, 1.54) is 22.7 Å². The molecule has 0 saturated carbocycles. The first-order chi connectivity index (χ1) is 10.7. The molecule has 11 heteroatoms. The summed E-state index contributed by atoms with van der Waals surface area (Å²) in [7, 11) is 0. The van der Waals surface area contributed by atoms with E-state index in [-0.39, 0.29) is 30.7 Å². The van der Waals surface area contributed by atoms with Crippen LogP contribution in [0.5, 0.6) is 0 Å². The summed E-state index contributed by atoms with van der Waals surface area (Å²) in [6.45, 7) is 4.49. The van der Waals surface area contributed by atoms with Gasteiger partial charge in [-0.3, -0.25) is 15.0 Å². The van der Waals surface area contributed by atoms with Crippen molar-refractivity contribution in [3.8, 4) is 0 Å². The first-order valence-electron chi connectivity index (χ1n) is 6.95. The number of rotatable bonds is 5. The molecular weight excluding hydrogens is 393 g/mol. The molecule has 3 N–H and O–H groups in total. The Morgan fingerprint density at radius 1 is 1.25 bits per heavy atom. The van der Waals surface area contributed by atoms with E-state index in [9.17, 15) is 4.79 Å². The highest BCUT2D eigenvalue weighted by Gasteiger charge is 2.15. The van der Waals surface area contributed by atoms with E-state index in [0.29, 0.717) is 17.4 Å². The minimum absolute atomic E-state index is 0. The zero-order valence-electron chi connectivity index (χ0n) is 12.8. The molecule has 3 rings (SSSR count). The number of hydrogen-bond acceptors (Lipinski definition) is 8. The second kappa shape index (κ2) is 10.2. The molecule has 1 fully saturated rings. The van der Waals surface area contributed by atoms with Gasteiger partial charge in [0.25, 0.3) is 5.91 Å². The van der Waals surface area contributed by atoms with Crippen molar-refractivity contribution >= 4 is 58.5 Å². The Morgan fingerprint density at radius 3 is 2.67 bits per heavy atom. The number of carbonyl (C=O) groups is 1. The number of carbonyl (C=O) groups excluding carboxylic acids is 1. The fourth-order valence-corrected chi connectivity index (χ4v) is 3.45. The topological polar surface area (TPSA) is 93.4 Å². The summed E-state index contributed by atoms with van der Waals surface area (Å²) in [5.74, 6) is -0.247. The highest BCUT2D eigenvalue weighted by atomic mass is 35.5. The predicted molar refractivity (Wildman–Crippen MR) is 101 cm³/mol. The highest BCUT2D eigenvalue weighted by Crippen LogP contribution is 2.18. The Kier molecular flexibility index (Phi) is 9.06. The van der Waals surface area contributed by atoms with Gasteiger partial charge in [-0.05, 0) is 0 Å². The zero-order chi connectivity index (χ0) is 15.4. The maximum Gasteiger partial charge on any atom is 0.276 e. The Morgan fingerprint density at radius 2 is 2.00 bits per heavy atom. The van der Waals surface area contributed by atoms with Crippen LogP contribution in [-0.4, -0.2) is 47.1 Å². The molecule has 7 nitrogen and oxygen atoms in total. The first-order valence-corrected chi connectivity index (χ1v) is 8.71. The number of thiazole rings is 2. The normalized spacial score (nSPS) is 14.5. The van der Waals surface area contributed by atoms with Crippen LogP contribution in [0.3, 0.4) is 0 Å². The molecule has 2 aromatic heterocycles. The van der Waals surface area contributed by atoms with Crippen molar-refractivity contribution in [3.63, 3.8) is 0 Å². The number of morpholine rings is 1. The summed E-state index contributed by atoms with van der Waals surface area (Å²) in [6, 6.07) is 0. The van der Waals surface area contributed by atoms with E-state index in [4.69, 9.17) is 10.5 Å². The molecule has 0 spiro atoms. The molecule has 1 amide bonds. The van der Waals surface area contributed by atoms with Crippen LogP contribution in [0.2, 0.25) is 0 Å². The van der Waals surface area contributed by atoms with Crippen LogP contribution in [-0.2, 0) is 17.8 Å². The Hall–Kier alpha value is -0.810. The summed E-state index contributed by atoms with van der Waals surface area (Å²) in [6.07, 6.45) is 0. The van der Waals surface area contributed by atoms with Crippen LogP contribution in [0, 0.1) is 0 Å².